The highest BCUT2D eigenvalue weighted by Crippen LogP contribution is 2.23. The molecule has 1 aliphatic heterocycles. The molecule has 130 valence electrons. The van der Waals surface area contributed by atoms with Crippen molar-refractivity contribution in [3.8, 4) is 0 Å². The summed E-state index contributed by atoms with van der Waals surface area (Å²) in [5, 5.41) is 4.87. The number of hydrogen-bond acceptors (Lipinski definition) is 7. The number of anilines is 1. The Labute approximate surface area is 145 Å². The van der Waals surface area contributed by atoms with Crippen LogP contribution in [0.4, 0.5) is 5.13 Å². The summed E-state index contributed by atoms with van der Waals surface area (Å²) >= 11 is 1.44. The smallest absolute Gasteiger partial charge is 0.227 e. The summed E-state index contributed by atoms with van der Waals surface area (Å²) in [7, 11) is 0. The minimum absolute atomic E-state index is 0.129. The van der Waals surface area contributed by atoms with E-state index in [1.54, 1.807) is 0 Å². The molecule has 1 saturated heterocycles. The monoisotopic (exact) mass is 349 g/mol. The van der Waals surface area contributed by atoms with Gasteiger partial charge in [-0.1, -0.05) is 19.0 Å². The van der Waals surface area contributed by atoms with Crippen molar-refractivity contribution in [1.82, 2.24) is 19.4 Å². The van der Waals surface area contributed by atoms with Crippen LogP contribution in [-0.2, 0) is 11.2 Å². The number of carbonyl (C=O) groups is 1. The van der Waals surface area contributed by atoms with E-state index < -0.39 is 0 Å². The van der Waals surface area contributed by atoms with Crippen LogP contribution in [0.5, 0.6) is 0 Å². The van der Waals surface area contributed by atoms with Crippen LogP contribution in [0.3, 0.4) is 0 Å². The average molecular weight is 349 g/mol. The summed E-state index contributed by atoms with van der Waals surface area (Å²) in [6.45, 7) is 10.9. The highest BCUT2D eigenvalue weighted by molar-refractivity contribution is 7.09. The second kappa shape index (κ2) is 6.88. The number of aryl methyl sites for hydroxylation is 2. The standard InChI is InChI=1S/C16H23N5O2S/c1-10(2)15-17-16(24-19-15)21-7-5-20(6-8-21)14(22)9-13-11(3)18-23-12(13)4/h10H,5-9H2,1-4H3. The van der Waals surface area contributed by atoms with Crippen molar-refractivity contribution in [1.29, 1.82) is 0 Å². The Kier molecular flexibility index (Phi) is 4.84. The SMILES string of the molecule is Cc1noc(C)c1CC(=O)N1CCN(c2nc(C(C)C)ns2)CC1. The predicted molar refractivity (Wildman–Crippen MR) is 92.5 cm³/mol. The van der Waals surface area contributed by atoms with Gasteiger partial charge >= 0.3 is 0 Å². The molecule has 0 saturated carbocycles. The molecule has 0 N–H and O–H groups in total. The summed E-state index contributed by atoms with van der Waals surface area (Å²) in [6, 6.07) is 0. The van der Waals surface area contributed by atoms with E-state index in [1.807, 2.05) is 18.7 Å². The van der Waals surface area contributed by atoms with Crippen molar-refractivity contribution < 1.29 is 9.32 Å². The van der Waals surface area contributed by atoms with Gasteiger partial charge in [0.2, 0.25) is 11.0 Å². The molecule has 0 radical (unpaired) electrons. The number of hydrogen-bond donors (Lipinski definition) is 0. The van der Waals surface area contributed by atoms with Gasteiger partial charge in [0.25, 0.3) is 0 Å². The average Bonchev–Trinajstić information content (AvgIpc) is 3.18. The number of nitrogens with zero attached hydrogens (tertiary/aromatic N) is 5. The zero-order valence-corrected chi connectivity index (χ0v) is 15.4. The Morgan fingerprint density at radius 3 is 2.50 bits per heavy atom. The van der Waals surface area contributed by atoms with E-state index in [0.717, 1.165) is 41.1 Å². The fourth-order valence-corrected chi connectivity index (χ4v) is 3.61. The van der Waals surface area contributed by atoms with Crippen molar-refractivity contribution >= 4 is 22.6 Å². The van der Waals surface area contributed by atoms with Gasteiger partial charge in [-0.15, -0.1) is 0 Å². The van der Waals surface area contributed by atoms with Gasteiger partial charge in [0, 0.05) is 49.2 Å². The third-order valence-corrected chi connectivity index (χ3v) is 5.15. The molecule has 1 aliphatic rings. The first-order chi connectivity index (χ1) is 11.5. The van der Waals surface area contributed by atoms with Gasteiger partial charge in [-0.05, 0) is 13.8 Å². The number of carbonyl (C=O) groups excluding carboxylic acids is 1. The van der Waals surface area contributed by atoms with Crippen LogP contribution >= 0.6 is 11.5 Å². The van der Waals surface area contributed by atoms with E-state index in [-0.39, 0.29) is 5.91 Å². The van der Waals surface area contributed by atoms with Gasteiger partial charge in [-0.2, -0.15) is 4.37 Å². The van der Waals surface area contributed by atoms with E-state index in [1.165, 1.54) is 11.5 Å². The summed E-state index contributed by atoms with van der Waals surface area (Å²) in [4.78, 5) is 21.2. The molecule has 1 fully saturated rings. The van der Waals surface area contributed by atoms with Gasteiger partial charge in [-0.3, -0.25) is 4.79 Å². The van der Waals surface area contributed by atoms with Gasteiger partial charge in [0.15, 0.2) is 0 Å². The third-order valence-electron chi connectivity index (χ3n) is 4.36. The summed E-state index contributed by atoms with van der Waals surface area (Å²) < 4.78 is 9.54. The maximum atomic E-state index is 12.5. The van der Waals surface area contributed by atoms with E-state index in [2.05, 4.69) is 33.3 Å². The molecule has 0 bridgehead atoms. The highest BCUT2D eigenvalue weighted by atomic mass is 32.1. The van der Waals surface area contributed by atoms with Crippen LogP contribution in [-0.4, -0.2) is 51.5 Å². The predicted octanol–water partition coefficient (Wildman–Crippen LogP) is 2.16. The van der Waals surface area contributed by atoms with Gasteiger partial charge < -0.3 is 14.3 Å². The molecule has 3 rings (SSSR count). The number of aromatic nitrogens is 3. The van der Waals surface area contributed by atoms with Crippen LogP contribution in [0.1, 0.15) is 42.6 Å². The van der Waals surface area contributed by atoms with Crippen LogP contribution < -0.4 is 4.90 Å². The molecule has 7 nitrogen and oxygen atoms in total. The molecule has 1 amide bonds. The van der Waals surface area contributed by atoms with E-state index in [0.29, 0.717) is 25.4 Å². The molecule has 24 heavy (non-hydrogen) atoms. The van der Waals surface area contributed by atoms with Crippen molar-refractivity contribution in [3.05, 3.63) is 22.8 Å². The molecule has 0 spiro atoms. The van der Waals surface area contributed by atoms with Crippen LogP contribution in [0.2, 0.25) is 0 Å². The quantitative estimate of drug-likeness (QED) is 0.842. The third kappa shape index (κ3) is 3.43. The summed E-state index contributed by atoms with van der Waals surface area (Å²) in [5.41, 5.74) is 1.71. The highest BCUT2D eigenvalue weighted by Gasteiger charge is 2.25. The molecular formula is C16H23N5O2S. The van der Waals surface area contributed by atoms with E-state index in [9.17, 15) is 4.79 Å². The molecule has 0 aromatic carbocycles. The summed E-state index contributed by atoms with van der Waals surface area (Å²) in [6.07, 6.45) is 0.359. The second-order valence-corrected chi connectivity index (χ2v) is 7.17. The van der Waals surface area contributed by atoms with Crippen LogP contribution in [0.15, 0.2) is 4.52 Å². The lowest BCUT2D eigenvalue weighted by atomic mass is 10.1. The second-order valence-electron chi connectivity index (χ2n) is 6.44. The fourth-order valence-electron chi connectivity index (χ4n) is 2.75. The number of rotatable bonds is 4. The normalized spacial score (nSPS) is 15.4. The Hall–Kier alpha value is -1.96. The van der Waals surface area contributed by atoms with Crippen molar-refractivity contribution in [2.24, 2.45) is 0 Å². The lowest BCUT2D eigenvalue weighted by molar-refractivity contribution is -0.130. The fraction of sp³-hybridized carbons (Fsp3) is 0.625. The zero-order chi connectivity index (χ0) is 17.3. The lowest BCUT2D eigenvalue weighted by Crippen LogP contribution is -2.49. The van der Waals surface area contributed by atoms with Gasteiger partial charge in [-0.25, -0.2) is 4.98 Å². The van der Waals surface area contributed by atoms with Crippen molar-refractivity contribution in [3.63, 3.8) is 0 Å². The van der Waals surface area contributed by atoms with Crippen LogP contribution in [0.25, 0.3) is 0 Å². The Bertz CT molecular complexity index is 696. The zero-order valence-electron chi connectivity index (χ0n) is 14.6. The molecule has 0 unspecified atom stereocenters. The Morgan fingerprint density at radius 2 is 1.96 bits per heavy atom. The molecule has 8 heteroatoms. The van der Waals surface area contributed by atoms with E-state index >= 15 is 0 Å². The van der Waals surface area contributed by atoms with Crippen LogP contribution in [0, 0.1) is 13.8 Å². The molecule has 3 heterocycles. The maximum absolute atomic E-state index is 12.5. The minimum Gasteiger partial charge on any atom is -0.361 e. The number of piperazine rings is 1. The maximum Gasteiger partial charge on any atom is 0.227 e. The largest absolute Gasteiger partial charge is 0.361 e. The number of amides is 1. The lowest BCUT2D eigenvalue weighted by Gasteiger charge is -2.34. The van der Waals surface area contributed by atoms with E-state index in [4.69, 9.17) is 4.52 Å². The molecule has 0 aliphatic carbocycles. The first-order valence-corrected chi connectivity index (χ1v) is 9.01. The minimum atomic E-state index is 0.129. The van der Waals surface area contributed by atoms with Gasteiger partial charge in [0.05, 0.1) is 12.1 Å². The van der Waals surface area contributed by atoms with Crippen molar-refractivity contribution in [2.45, 2.75) is 40.0 Å². The first-order valence-electron chi connectivity index (χ1n) is 8.23. The Balaban J connectivity index is 1.57. The topological polar surface area (TPSA) is 75.4 Å². The molecule has 2 aromatic heterocycles. The molecular weight excluding hydrogens is 326 g/mol. The Morgan fingerprint density at radius 1 is 1.25 bits per heavy atom. The first kappa shape index (κ1) is 16.9. The molecule has 0 atom stereocenters. The summed E-state index contributed by atoms with van der Waals surface area (Å²) in [5.74, 6) is 2.10. The van der Waals surface area contributed by atoms with Crippen molar-refractivity contribution in [2.75, 3.05) is 31.1 Å². The van der Waals surface area contributed by atoms with Gasteiger partial charge in [0.1, 0.15) is 11.6 Å². The molecule has 2 aromatic rings.